The molecule has 0 unspecified atom stereocenters. The smallest absolute Gasteiger partial charge is 0.215 e. The van der Waals surface area contributed by atoms with Crippen LogP contribution in [-0.2, 0) is 0 Å². The first-order valence-electron chi connectivity index (χ1n) is 7.62. The fraction of sp³-hybridized carbons (Fsp3) is 0.100. The van der Waals surface area contributed by atoms with Gasteiger partial charge in [-0.05, 0) is 31.2 Å². The van der Waals surface area contributed by atoms with Crippen molar-refractivity contribution in [3.05, 3.63) is 82.5 Å². The topological polar surface area (TPSA) is 50.5 Å². The molecule has 1 aromatic heterocycles. The predicted molar refractivity (Wildman–Crippen MR) is 96.3 cm³/mol. The summed E-state index contributed by atoms with van der Waals surface area (Å²) in [5, 5.41) is 0.394. The Balaban J connectivity index is 2.27. The summed E-state index contributed by atoms with van der Waals surface area (Å²) in [7, 11) is 0. The molecule has 4 heteroatoms. The van der Waals surface area contributed by atoms with Crippen molar-refractivity contribution in [1.82, 2.24) is 0 Å². The van der Waals surface area contributed by atoms with E-state index in [0.29, 0.717) is 23.8 Å². The molecule has 120 valence electrons. The van der Waals surface area contributed by atoms with Gasteiger partial charge in [-0.15, -0.1) is 6.58 Å². The molecule has 3 rings (SSSR count). The Labute approximate surface area is 139 Å². The van der Waals surface area contributed by atoms with Gasteiger partial charge in [0.05, 0.1) is 5.39 Å². The van der Waals surface area contributed by atoms with E-state index in [0.717, 1.165) is 11.3 Å². The van der Waals surface area contributed by atoms with Crippen LogP contribution in [0.3, 0.4) is 0 Å². The van der Waals surface area contributed by atoms with Crippen LogP contribution >= 0.6 is 0 Å². The average molecular weight is 319 g/mol. The normalized spacial score (nSPS) is 10.5. The number of fused-ring (bicyclic) bond motifs is 1. The first-order valence-corrected chi connectivity index (χ1v) is 7.62. The third kappa shape index (κ3) is 2.74. The highest BCUT2D eigenvalue weighted by Crippen LogP contribution is 2.29. The molecule has 0 bridgehead atoms. The highest BCUT2D eigenvalue weighted by atomic mass is 16.4. The predicted octanol–water partition coefficient (Wildman–Crippen LogP) is 4.24. The number of benzene rings is 2. The number of nitrogens with zero attached hydrogens (tertiary/aromatic N) is 1. The van der Waals surface area contributed by atoms with Crippen molar-refractivity contribution in [2.45, 2.75) is 6.92 Å². The van der Waals surface area contributed by atoms with E-state index in [1.807, 2.05) is 31.2 Å². The second-order valence-corrected chi connectivity index (χ2v) is 5.50. The fourth-order valence-electron chi connectivity index (χ4n) is 2.61. The van der Waals surface area contributed by atoms with Gasteiger partial charge in [-0.1, -0.05) is 35.9 Å². The SMILES string of the molecule is C=CCN(c1ccc(C)cc1)c1oc2ccccc2c(=O)c1C=O. The third-order valence-electron chi connectivity index (χ3n) is 3.83. The van der Waals surface area contributed by atoms with Gasteiger partial charge in [-0.2, -0.15) is 0 Å². The van der Waals surface area contributed by atoms with Crippen molar-refractivity contribution >= 4 is 28.8 Å². The summed E-state index contributed by atoms with van der Waals surface area (Å²) in [5.41, 5.74) is 2.07. The van der Waals surface area contributed by atoms with Crippen molar-refractivity contribution in [2.75, 3.05) is 11.4 Å². The minimum atomic E-state index is -0.331. The molecule has 0 aliphatic rings. The van der Waals surface area contributed by atoms with Crippen LogP contribution in [0.1, 0.15) is 15.9 Å². The molecule has 0 atom stereocenters. The molecule has 0 fully saturated rings. The van der Waals surface area contributed by atoms with Gasteiger partial charge in [-0.25, -0.2) is 0 Å². The minimum absolute atomic E-state index is 0.0103. The highest BCUT2D eigenvalue weighted by molar-refractivity contribution is 5.91. The lowest BCUT2D eigenvalue weighted by Crippen LogP contribution is -2.22. The van der Waals surface area contributed by atoms with Crippen LogP contribution in [0, 0.1) is 6.92 Å². The zero-order chi connectivity index (χ0) is 17.1. The largest absolute Gasteiger partial charge is 0.439 e. The van der Waals surface area contributed by atoms with Gasteiger partial charge in [-0.3, -0.25) is 9.59 Å². The van der Waals surface area contributed by atoms with E-state index in [2.05, 4.69) is 6.58 Å². The molecule has 0 spiro atoms. The number of carbonyl (C=O) groups excluding carboxylic acids is 1. The molecule has 0 saturated heterocycles. The molecule has 0 saturated carbocycles. The van der Waals surface area contributed by atoms with Crippen molar-refractivity contribution < 1.29 is 9.21 Å². The van der Waals surface area contributed by atoms with E-state index >= 15 is 0 Å². The Morgan fingerprint density at radius 2 is 1.83 bits per heavy atom. The molecule has 0 N–H and O–H groups in total. The van der Waals surface area contributed by atoms with E-state index in [1.165, 1.54) is 0 Å². The van der Waals surface area contributed by atoms with E-state index in [1.54, 1.807) is 35.2 Å². The Kier molecular flexibility index (Phi) is 4.29. The third-order valence-corrected chi connectivity index (χ3v) is 3.83. The van der Waals surface area contributed by atoms with Crippen molar-refractivity contribution in [3.8, 4) is 0 Å². The second-order valence-electron chi connectivity index (χ2n) is 5.50. The Hall–Kier alpha value is -3.14. The first-order chi connectivity index (χ1) is 11.7. The summed E-state index contributed by atoms with van der Waals surface area (Å²) in [4.78, 5) is 26.0. The maximum atomic E-state index is 12.6. The van der Waals surface area contributed by atoms with Crippen LogP contribution in [0.25, 0.3) is 11.0 Å². The van der Waals surface area contributed by atoms with Crippen LogP contribution < -0.4 is 10.3 Å². The summed E-state index contributed by atoms with van der Waals surface area (Å²) in [6, 6.07) is 14.7. The molecule has 0 aliphatic heterocycles. The van der Waals surface area contributed by atoms with Gasteiger partial charge >= 0.3 is 0 Å². The van der Waals surface area contributed by atoms with Crippen LogP contribution in [0.2, 0.25) is 0 Å². The van der Waals surface area contributed by atoms with Crippen LogP contribution in [0.15, 0.2) is 70.4 Å². The summed E-state index contributed by atoms with van der Waals surface area (Å²) in [5.74, 6) is 0.234. The summed E-state index contributed by atoms with van der Waals surface area (Å²) in [6.45, 7) is 6.16. The number of para-hydroxylation sites is 1. The zero-order valence-corrected chi connectivity index (χ0v) is 13.4. The number of aldehydes is 1. The summed E-state index contributed by atoms with van der Waals surface area (Å²) < 4.78 is 5.91. The molecule has 0 aliphatic carbocycles. The quantitative estimate of drug-likeness (QED) is 0.521. The number of anilines is 2. The van der Waals surface area contributed by atoms with Crippen LogP contribution in [-0.4, -0.2) is 12.8 Å². The van der Waals surface area contributed by atoms with E-state index in [-0.39, 0.29) is 16.9 Å². The lowest BCUT2D eigenvalue weighted by Gasteiger charge is -2.23. The number of hydrogen-bond donors (Lipinski definition) is 0. The minimum Gasteiger partial charge on any atom is -0.439 e. The maximum absolute atomic E-state index is 12.6. The number of carbonyl (C=O) groups is 1. The zero-order valence-electron chi connectivity index (χ0n) is 13.4. The molecular weight excluding hydrogens is 302 g/mol. The van der Waals surface area contributed by atoms with Crippen molar-refractivity contribution in [3.63, 3.8) is 0 Å². The molecule has 2 aromatic carbocycles. The molecule has 24 heavy (non-hydrogen) atoms. The molecule has 3 aromatic rings. The molecule has 0 radical (unpaired) electrons. The maximum Gasteiger partial charge on any atom is 0.215 e. The molecule has 4 nitrogen and oxygen atoms in total. The molecule has 1 heterocycles. The van der Waals surface area contributed by atoms with Crippen molar-refractivity contribution in [1.29, 1.82) is 0 Å². The summed E-state index contributed by atoms with van der Waals surface area (Å²) >= 11 is 0. The Bertz CT molecular complexity index is 955. The van der Waals surface area contributed by atoms with Gasteiger partial charge in [0.1, 0.15) is 11.1 Å². The van der Waals surface area contributed by atoms with Crippen LogP contribution in [0.5, 0.6) is 0 Å². The van der Waals surface area contributed by atoms with E-state index in [4.69, 9.17) is 4.42 Å². The van der Waals surface area contributed by atoms with Gasteiger partial charge in [0.15, 0.2) is 6.29 Å². The summed E-state index contributed by atoms with van der Waals surface area (Å²) in [6.07, 6.45) is 2.25. The standard InChI is InChI=1S/C20H17NO3/c1-3-12-21(15-10-8-14(2)9-11-15)20-17(13-22)19(23)16-6-4-5-7-18(16)24-20/h3-11,13H,1,12H2,2H3. The molecule has 0 amide bonds. The Morgan fingerprint density at radius 3 is 2.50 bits per heavy atom. The van der Waals surface area contributed by atoms with E-state index < -0.39 is 0 Å². The average Bonchev–Trinajstić information content (AvgIpc) is 2.61. The number of rotatable bonds is 5. The van der Waals surface area contributed by atoms with Crippen LogP contribution in [0.4, 0.5) is 11.6 Å². The van der Waals surface area contributed by atoms with Crippen molar-refractivity contribution in [2.24, 2.45) is 0 Å². The number of aryl methyl sites for hydroxylation is 1. The van der Waals surface area contributed by atoms with Gasteiger partial charge in [0, 0.05) is 12.2 Å². The fourth-order valence-corrected chi connectivity index (χ4v) is 2.61. The lowest BCUT2D eigenvalue weighted by atomic mass is 10.1. The number of hydrogen-bond acceptors (Lipinski definition) is 4. The molecular formula is C20H17NO3. The van der Waals surface area contributed by atoms with Gasteiger partial charge in [0.2, 0.25) is 11.3 Å². The lowest BCUT2D eigenvalue weighted by molar-refractivity contribution is 0.112. The van der Waals surface area contributed by atoms with Gasteiger partial charge < -0.3 is 9.32 Å². The highest BCUT2D eigenvalue weighted by Gasteiger charge is 2.20. The monoisotopic (exact) mass is 319 g/mol. The Morgan fingerprint density at radius 1 is 1.12 bits per heavy atom. The van der Waals surface area contributed by atoms with Gasteiger partial charge in [0.25, 0.3) is 0 Å². The van der Waals surface area contributed by atoms with E-state index in [9.17, 15) is 9.59 Å². The second kappa shape index (κ2) is 6.54. The first kappa shape index (κ1) is 15.7.